The van der Waals surface area contributed by atoms with Crippen molar-refractivity contribution in [1.29, 1.82) is 0 Å². The number of allylic oxidation sites excluding steroid dienone is 1. The molecule has 1 aliphatic heterocycles. The molecule has 3 aromatic carbocycles. The summed E-state index contributed by atoms with van der Waals surface area (Å²) in [5.41, 5.74) is 0.110. The van der Waals surface area contributed by atoms with Crippen LogP contribution in [0.1, 0.15) is 31.0 Å². The molecule has 0 N–H and O–H groups in total. The zero-order valence-corrected chi connectivity index (χ0v) is 28.9. The predicted octanol–water partition coefficient (Wildman–Crippen LogP) is 5.20. The number of esters is 1. The van der Waals surface area contributed by atoms with Crippen LogP contribution in [-0.4, -0.2) is 48.3 Å². The number of nitrogens with zero attached hydrogens (tertiary/aromatic N) is 4. The fourth-order valence-electron chi connectivity index (χ4n) is 5.16. The number of nitro benzene ring substituents is 2. The van der Waals surface area contributed by atoms with E-state index in [-0.39, 0.29) is 34.0 Å². The number of methoxy groups -OCH3 is 3. The number of benzene rings is 3. The van der Waals surface area contributed by atoms with E-state index in [0.29, 0.717) is 37.6 Å². The van der Waals surface area contributed by atoms with Gasteiger partial charge in [0.1, 0.15) is 0 Å². The highest BCUT2D eigenvalue weighted by Crippen LogP contribution is 2.43. The van der Waals surface area contributed by atoms with E-state index in [9.17, 15) is 29.8 Å². The quantitative estimate of drug-likeness (QED) is 0.111. The Morgan fingerprint density at radius 1 is 0.980 bits per heavy atom. The van der Waals surface area contributed by atoms with E-state index in [1.54, 1.807) is 50.3 Å². The minimum Gasteiger partial charge on any atom is -0.493 e. The number of nitro groups is 2. The average molecular weight is 756 g/mol. The highest BCUT2D eigenvalue weighted by Gasteiger charge is 2.34. The van der Waals surface area contributed by atoms with Crippen molar-refractivity contribution < 1.29 is 38.3 Å². The highest BCUT2D eigenvalue weighted by atomic mass is 79.9. The number of thiazole rings is 1. The lowest BCUT2D eigenvalue weighted by Gasteiger charge is -2.25. The van der Waals surface area contributed by atoms with E-state index in [1.165, 1.54) is 25.9 Å². The number of hydrogen-bond acceptors (Lipinski definition) is 13. The molecule has 0 saturated carbocycles. The van der Waals surface area contributed by atoms with Crippen molar-refractivity contribution in [2.45, 2.75) is 19.9 Å². The largest absolute Gasteiger partial charge is 0.493 e. The standard InChI is InChI=1S/C32H27BrN4O11S/c1-6-47-31(39)27-16(2)34-32-35(28(27)18-7-9-23(44-3)24(14-18)45-4)30(38)26(49-32)13-17-11-20(33)29(25(12-17)46-5)48-22-10-8-19(36(40)41)15-21(22)37(42)43/h7-15,28H,6H2,1-5H3/b26-13-/t28-/m1/s1. The molecule has 0 amide bonds. The van der Waals surface area contributed by atoms with E-state index in [4.69, 9.17) is 23.7 Å². The van der Waals surface area contributed by atoms with Gasteiger partial charge < -0.3 is 23.7 Å². The maximum Gasteiger partial charge on any atom is 0.338 e. The van der Waals surface area contributed by atoms with Gasteiger partial charge in [-0.2, -0.15) is 0 Å². The molecule has 2 heterocycles. The smallest absolute Gasteiger partial charge is 0.338 e. The van der Waals surface area contributed by atoms with Crippen LogP contribution in [0.15, 0.2) is 74.1 Å². The van der Waals surface area contributed by atoms with Crippen LogP contribution in [0.3, 0.4) is 0 Å². The molecule has 254 valence electrons. The second-order valence-corrected chi connectivity index (χ2v) is 12.1. The maximum absolute atomic E-state index is 14.1. The molecule has 0 radical (unpaired) electrons. The van der Waals surface area contributed by atoms with Crippen LogP contribution in [0.5, 0.6) is 28.7 Å². The molecule has 15 nitrogen and oxygen atoms in total. The van der Waals surface area contributed by atoms with Crippen LogP contribution >= 0.6 is 27.3 Å². The maximum atomic E-state index is 14.1. The molecule has 1 atom stereocenters. The lowest BCUT2D eigenvalue weighted by molar-refractivity contribution is -0.394. The van der Waals surface area contributed by atoms with E-state index in [0.717, 1.165) is 29.5 Å². The molecule has 0 bridgehead atoms. The Bertz CT molecular complexity index is 2230. The summed E-state index contributed by atoms with van der Waals surface area (Å²) >= 11 is 4.52. The molecule has 1 aliphatic rings. The van der Waals surface area contributed by atoms with Gasteiger partial charge in [0.25, 0.3) is 11.2 Å². The Morgan fingerprint density at radius 2 is 1.67 bits per heavy atom. The Labute approximate surface area is 289 Å². The first kappa shape index (κ1) is 34.8. The van der Waals surface area contributed by atoms with Gasteiger partial charge in [0.05, 0.1) is 70.2 Å². The normalized spacial score (nSPS) is 14.1. The summed E-state index contributed by atoms with van der Waals surface area (Å²) in [5.74, 6) is 0.199. The average Bonchev–Trinajstić information content (AvgIpc) is 3.38. The first-order valence-corrected chi connectivity index (χ1v) is 15.9. The van der Waals surface area contributed by atoms with Gasteiger partial charge >= 0.3 is 11.7 Å². The Balaban J connectivity index is 1.63. The van der Waals surface area contributed by atoms with Gasteiger partial charge in [-0.25, -0.2) is 9.79 Å². The number of non-ortho nitro benzene ring substituents is 1. The second-order valence-electron chi connectivity index (χ2n) is 10.2. The molecule has 0 unspecified atom stereocenters. The van der Waals surface area contributed by atoms with Crippen molar-refractivity contribution in [2.75, 3.05) is 27.9 Å². The second kappa shape index (κ2) is 14.3. The van der Waals surface area contributed by atoms with Crippen molar-refractivity contribution in [1.82, 2.24) is 4.57 Å². The van der Waals surface area contributed by atoms with Crippen LogP contribution in [0, 0.1) is 20.2 Å². The van der Waals surface area contributed by atoms with Crippen molar-refractivity contribution in [3.63, 3.8) is 0 Å². The topological polar surface area (TPSA) is 184 Å². The molecule has 0 fully saturated rings. The lowest BCUT2D eigenvalue weighted by Crippen LogP contribution is -2.40. The van der Waals surface area contributed by atoms with Gasteiger partial charge in [-0.3, -0.25) is 29.6 Å². The molecule has 0 spiro atoms. The van der Waals surface area contributed by atoms with Gasteiger partial charge in [-0.05, 0) is 77.3 Å². The SMILES string of the molecule is CCOC(=O)C1=C(C)N=c2s/c(=C\c3cc(Br)c(Oc4ccc([N+](=O)[O-])cc4[N+](=O)[O-])c(OC)c3)c(=O)n2[C@@H]1c1ccc(OC)c(OC)c1. The van der Waals surface area contributed by atoms with E-state index < -0.39 is 38.8 Å². The van der Waals surface area contributed by atoms with Crippen LogP contribution in [-0.2, 0) is 9.53 Å². The number of carbonyl (C=O) groups excluding carboxylic acids is 1. The highest BCUT2D eigenvalue weighted by molar-refractivity contribution is 9.10. The van der Waals surface area contributed by atoms with Crippen LogP contribution in [0.25, 0.3) is 6.08 Å². The summed E-state index contributed by atoms with van der Waals surface area (Å²) < 4.78 is 29.6. The monoisotopic (exact) mass is 754 g/mol. The number of carbonyl (C=O) groups is 1. The summed E-state index contributed by atoms with van der Waals surface area (Å²) in [7, 11) is 4.34. The van der Waals surface area contributed by atoms with Gasteiger partial charge in [-0.15, -0.1) is 0 Å². The zero-order chi connectivity index (χ0) is 35.6. The first-order valence-electron chi connectivity index (χ1n) is 14.3. The van der Waals surface area contributed by atoms with E-state index >= 15 is 0 Å². The number of aromatic nitrogens is 1. The minimum atomic E-state index is -0.896. The molecule has 5 rings (SSSR count). The molecular formula is C32H27BrN4O11S. The molecule has 0 saturated heterocycles. The summed E-state index contributed by atoms with van der Waals surface area (Å²) in [4.78, 5) is 53.6. The Kier molecular flexibility index (Phi) is 10.1. The Morgan fingerprint density at radius 3 is 2.31 bits per heavy atom. The van der Waals surface area contributed by atoms with Gasteiger partial charge in [0.15, 0.2) is 27.8 Å². The van der Waals surface area contributed by atoms with Crippen molar-refractivity contribution in [3.05, 3.63) is 115 Å². The third-order valence-electron chi connectivity index (χ3n) is 7.35. The number of fused-ring (bicyclic) bond motifs is 1. The predicted molar refractivity (Wildman–Crippen MR) is 180 cm³/mol. The third-order valence-corrected chi connectivity index (χ3v) is 8.92. The number of rotatable bonds is 11. The third kappa shape index (κ3) is 6.75. The fraction of sp³-hybridized carbons (Fsp3) is 0.219. The van der Waals surface area contributed by atoms with Crippen molar-refractivity contribution >= 4 is 50.7 Å². The molecular weight excluding hydrogens is 728 g/mol. The number of halogens is 1. The Hall–Kier alpha value is -5.55. The van der Waals surface area contributed by atoms with E-state index in [1.807, 2.05) is 0 Å². The summed E-state index contributed by atoms with van der Waals surface area (Å²) in [6, 6.07) is 10.4. The summed E-state index contributed by atoms with van der Waals surface area (Å²) in [6.45, 7) is 3.48. The van der Waals surface area contributed by atoms with Crippen LogP contribution < -0.4 is 33.8 Å². The summed E-state index contributed by atoms with van der Waals surface area (Å²) in [5, 5.41) is 22.8. The molecule has 17 heteroatoms. The number of hydrogen-bond donors (Lipinski definition) is 0. The van der Waals surface area contributed by atoms with Gasteiger partial charge in [0, 0.05) is 6.07 Å². The van der Waals surface area contributed by atoms with Gasteiger partial charge in [-0.1, -0.05) is 17.4 Å². The van der Waals surface area contributed by atoms with Crippen LogP contribution in [0.4, 0.5) is 11.4 Å². The molecule has 49 heavy (non-hydrogen) atoms. The first-order chi connectivity index (χ1) is 23.4. The minimum absolute atomic E-state index is 0.0567. The van der Waals surface area contributed by atoms with Crippen molar-refractivity contribution in [2.24, 2.45) is 4.99 Å². The zero-order valence-electron chi connectivity index (χ0n) is 26.5. The van der Waals surface area contributed by atoms with Crippen molar-refractivity contribution in [3.8, 4) is 28.7 Å². The lowest BCUT2D eigenvalue weighted by atomic mass is 9.95. The van der Waals surface area contributed by atoms with Crippen LogP contribution in [0.2, 0.25) is 0 Å². The molecule has 4 aromatic rings. The molecule has 1 aromatic heterocycles. The molecule has 0 aliphatic carbocycles. The van der Waals surface area contributed by atoms with Gasteiger partial charge in [0.2, 0.25) is 5.75 Å². The fourth-order valence-corrected chi connectivity index (χ4v) is 6.75. The van der Waals surface area contributed by atoms with E-state index in [2.05, 4.69) is 20.9 Å². The number of ether oxygens (including phenoxy) is 5. The summed E-state index contributed by atoms with van der Waals surface area (Å²) in [6.07, 6.45) is 1.60.